The van der Waals surface area contributed by atoms with Gasteiger partial charge in [-0.05, 0) is 24.6 Å². The quantitative estimate of drug-likeness (QED) is 0.228. The van der Waals surface area contributed by atoms with Gasteiger partial charge in [-0.1, -0.05) is 70.9 Å². The van der Waals surface area contributed by atoms with Crippen molar-refractivity contribution in [2.75, 3.05) is 12.0 Å². The molecule has 1 atom stereocenters. The largest absolute Gasteiger partial charge is 0.507 e. The monoisotopic (exact) mass is 502 g/mol. The van der Waals surface area contributed by atoms with Gasteiger partial charge in [0.25, 0.3) is 5.78 Å². The lowest BCUT2D eigenvalue weighted by Gasteiger charge is -2.23. The molecule has 2 aromatic carbocycles. The second kappa shape index (κ2) is 8.97. The summed E-state index contributed by atoms with van der Waals surface area (Å²) >= 11 is 13.2. The number of aromatic nitrogens is 1. The molecule has 7 nitrogen and oxygen atoms in total. The number of Topliss-reactive ketones (excluding diaryl/α,β-unsaturated/α-hetero) is 1. The van der Waals surface area contributed by atoms with Crippen LogP contribution >= 0.6 is 34.5 Å². The van der Waals surface area contributed by atoms with Gasteiger partial charge in [0.15, 0.2) is 5.13 Å². The second-order valence-corrected chi connectivity index (χ2v) is 8.90. The number of esters is 1. The van der Waals surface area contributed by atoms with Gasteiger partial charge < -0.3 is 9.84 Å². The van der Waals surface area contributed by atoms with Crippen molar-refractivity contribution in [2.24, 2.45) is 0 Å². The third-order valence-corrected chi connectivity index (χ3v) is 6.99. The number of amides is 1. The summed E-state index contributed by atoms with van der Waals surface area (Å²) in [5, 5.41) is 11.7. The fourth-order valence-corrected chi connectivity index (χ4v) is 4.86. The van der Waals surface area contributed by atoms with Crippen LogP contribution in [0.25, 0.3) is 5.76 Å². The Morgan fingerprint density at radius 2 is 1.82 bits per heavy atom. The van der Waals surface area contributed by atoms with Crippen molar-refractivity contribution >= 4 is 63.1 Å². The third-order valence-electron chi connectivity index (χ3n) is 5.11. The van der Waals surface area contributed by atoms with Crippen LogP contribution in [0.1, 0.15) is 32.5 Å². The number of methoxy groups -OCH3 is 1. The number of anilines is 1. The molecule has 1 aliphatic heterocycles. The molecule has 168 valence electrons. The molecule has 3 aromatic rings. The molecule has 2 heterocycles. The number of halogens is 2. The van der Waals surface area contributed by atoms with Crippen LogP contribution in [0.3, 0.4) is 0 Å². The highest BCUT2D eigenvalue weighted by Crippen LogP contribution is 2.44. The van der Waals surface area contributed by atoms with Gasteiger partial charge in [0.1, 0.15) is 10.6 Å². The zero-order valence-corrected chi connectivity index (χ0v) is 19.7. The maximum atomic E-state index is 13.2. The summed E-state index contributed by atoms with van der Waals surface area (Å²) in [4.78, 5) is 44.1. The minimum atomic E-state index is -1.05. The van der Waals surface area contributed by atoms with Crippen molar-refractivity contribution in [1.82, 2.24) is 4.98 Å². The summed E-state index contributed by atoms with van der Waals surface area (Å²) in [5.41, 5.74) is 1.02. The summed E-state index contributed by atoms with van der Waals surface area (Å²) in [6, 6.07) is 12.0. The fourth-order valence-electron chi connectivity index (χ4n) is 3.55. The van der Waals surface area contributed by atoms with Crippen LogP contribution in [0.15, 0.2) is 54.1 Å². The van der Waals surface area contributed by atoms with E-state index < -0.39 is 23.7 Å². The lowest BCUT2D eigenvalue weighted by Crippen LogP contribution is -2.29. The van der Waals surface area contributed by atoms with Crippen molar-refractivity contribution < 1.29 is 24.2 Å². The molecule has 0 unspecified atom stereocenters. The Balaban J connectivity index is 1.96. The minimum Gasteiger partial charge on any atom is -0.507 e. The van der Waals surface area contributed by atoms with Gasteiger partial charge in [0.05, 0.1) is 34.5 Å². The molecule has 0 saturated carbocycles. The van der Waals surface area contributed by atoms with Crippen molar-refractivity contribution in [1.29, 1.82) is 0 Å². The van der Waals surface area contributed by atoms with Crippen LogP contribution in [0.2, 0.25) is 10.0 Å². The Morgan fingerprint density at radius 1 is 1.12 bits per heavy atom. The number of carbonyl (C=O) groups excluding carboxylic acids is 3. The van der Waals surface area contributed by atoms with Crippen LogP contribution in [0, 0.1) is 6.92 Å². The smallest absolute Gasteiger partial charge is 0.350 e. The zero-order valence-electron chi connectivity index (χ0n) is 17.3. The van der Waals surface area contributed by atoms with E-state index in [0.29, 0.717) is 21.8 Å². The van der Waals surface area contributed by atoms with Crippen molar-refractivity contribution in [2.45, 2.75) is 13.0 Å². The van der Waals surface area contributed by atoms with Crippen LogP contribution < -0.4 is 4.90 Å². The minimum absolute atomic E-state index is 0.109. The molecule has 0 aliphatic carbocycles. The van der Waals surface area contributed by atoms with Gasteiger partial charge in [0, 0.05) is 5.56 Å². The first kappa shape index (κ1) is 23.0. The summed E-state index contributed by atoms with van der Waals surface area (Å²) in [7, 11) is 1.24. The van der Waals surface area contributed by atoms with E-state index in [4.69, 9.17) is 27.9 Å². The number of ketones is 1. The van der Waals surface area contributed by atoms with Gasteiger partial charge in [-0.3, -0.25) is 14.5 Å². The molecular weight excluding hydrogens is 487 g/mol. The van der Waals surface area contributed by atoms with Crippen molar-refractivity contribution in [3.63, 3.8) is 0 Å². The first-order valence-electron chi connectivity index (χ1n) is 9.61. The number of nitrogens with zero attached hydrogens (tertiary/aromatic N) is 2. The molecule has 4 rings (SSSR count). The summed E-state index contributed by atoms with van der Waals surface area (Å²) in [6.45, 7) is 1.60. The summed E-state index contributed by atoms with van der Waals surface area (Å²) in [6.07, 6.45) is 0. The molecule has 1 aromatic heterocycles. The van der Waals surface area contributed by atoms with Gasteiger partial charge in [-0.25, -0.2) is 9.78 Å². The van der Waals surface area contributed by atoms with Crippen LogP contribution in [0.5, 0.6) is 0 Å². The molecular formula is C23H16Cl2N2O5S. The highest BCUT2D eigenvalue weighted by Gasteiger charge is 2.48. The molecule has 1 saturated heterocycles. The number of hydrogen-bond donors (Lipinski definition) is 1. The third kappa shape index (κ3) is 4.01. The Labute approximate surface area is 202 Å². The van der Waals surface area contributed by atoms with E-state index in [1.165, 1.54) is 19.2 Å². The van der Waals surface area contributed by atoms with E-state index in [2.05, 4.69) is 4.98 Å². The molecule has 0 spiro atoms. The highest BCUT2D eigenvalue weighted by atomic mass is 35.5. The maximum absolute atomic E-state index is 13.2. The van der Waals surface area contributed by atoms with E-state index in [1.807, 2.05) is 0 Å². The van der Waals surface area contributed by atoms with Crippen LogP contribution in [-0.4, -0.2) is 34.9 Å². The predicted octanol–water partition coefficient (Wildman–Crippen LogP) is 5.17. The molecule has 1 aliphatic rings. The summed E-state index contributed by atoms with van der Waals surface area (Å²) in [5.74, 6) is -2.73. The molecule has 1 N–H and O–H groups in total. The highest BCUT2D eigenvalue weighted by molar-refractivity contribution is 7.17. The standard InChI is InChI=1S/C23H16Cl2N2O5S/c1-11-20(22(31)32-2)33-23(26-11)27-17(13-8-9-14(24)15(25)10-13)16(19(29)21(27)30)18(28)12-6-4-3-5-7-12/h3-10,17,28H,1-2H3/t17-/m1/s1. The Hall–Kier alpha value is -3.20. The molecule has 1 fully saturated rings. The zero-order chi connectivity index (χ0) is 23.9. The molecule has 10 heteroatoms. The maximum Gasteiger partial charge on any atom is 0.350 e. The van der Waals surface area contributed by atoms with Crippen molar-refractivity contribution in [3.05, 3.63) is 85.8 Å². The predicted molar refractivity (Wildman–Crippen MR) is 126 cm³/mol. The number of aliphatic hydroxyl groups excluding tert-OH is 1. The number of aliphatic hydroxyl groups is 1. The first-order valence-corrected chi connectivity index (χ1v) is 11.2. The van der Waals surface area contributed by atoms with E-state index in [9.17, 15) is 19.5 Å². The number of aryl methyl sites for hydroxylation is 1. The number of thiazole rings is 1. The van der Waals surface area contributed by atoms with E-state index in [-0.39, 0.29) is 26.4 Å². The number of carbonyl (C=O) groups is 3. The Bertz CT molecular complexity index is 1320. The van der Waals surface area contributed by atoms with Crippen LogP contribution in [-0.2, 0) is 14.3 Å². The first-order chi connectivity index (χ1) is 15.7. The lowest BCUT2D eigenvalue weighted by atomic mass is 9.95. The van der Waals surface area contributed by atoms with Gasteiger partial charge >= 0.3 is 11.9 Å². The van der Waals surface area contributed by atoms with E-state index in [0.717, 1.165) is 16.2 Å². The lowest BCUT2D eigenvalue weighted by molar-refractivity contribution is -0.132. The number of rotatable bonds is 4. The number of hydrogen-bond acceptors (Lipinski definition) is 7. The van der Waals surface area contributed by atoms with Crippen molar-refractivity contribution in [3.8, 4) is 0 Å². The SMILES string of the molecule is COC(=O)c1sc(N2C(=O)C(=O)C(=C(O)c3ccccc3)[C@H]2c2ccc(Cl)c(Cl)c2)nc1C. The van der Waals surface area contributed by atoms with Gasteiger partial charge in [-0.2, -0.15) is 0 Å². The molecule has 33 heavy (non-hydrogen) atoms. The van der Waals surface area contributed by atoms with E-state index in [1.54, 1.807) is 43.3 Å². The molecule has 0 radical (unpaired) electrons. The average molecular weight is 503 g/mol. The number of benzene rings is 2. The van der Waals surface area contributed by atoms with Gasteiger partial charge in [-0.15, -0.1) is 0 Å². The Kier molecular flexibility index (Phi) is 6.25. The summed E-state index contributed by atoms with van der Waals surface area (Å²) < 4.78 is 4.78. The molecule has 1 amide bonds. The normalized spacial score (nSPS) is 17.5. The average Bonchev–Trinajstić information content (AvgIpc) is 3.32. The number of ether oxygens (including phenoxy) is 1. The topological polar surface area (TPSA) is 96.8 Å². The van der Waals surface area contributed by atoms with E-state index >= 15 is 0 Å². The van der Waals surface area contributed by atoms with Crippen LogP contribution in [0.4, 0.5) is 5.13 Å². The second-order valence-electron chi connectivity index (χ2n) is 7.11. The Morgan fingerprint density at radius 3 is 2.45 bits per heavy atom. The van der Waals surface area contributed by atoms with Gasteiger partial charge in [0.2, 0.25) is 0 Å². The molecule has 0 bridgehead atoms. The fraction of sp³-hybridized carbons (Fsp3) is 0.130.